The molecule has 0 fully saturated rings. The minimum absolute atomic E-state index is 0.0597. The molecule has 1 amide bonds. The summed E-state index contributed by atoms with van der Waals surface area (Å²) in [5.74, 6) is 0.415. The van der Waals surface area contributed by atoms with E-state index in [9.17, 15) is 4.79 Å². The summed E-state index contributed by atoms with van der Waals surface area (Å²) in [6.07, 6.45) is 8.59. The highest BCUT2D eigenvalue weighted by molar-refractivity contribution is 5.87. The van der Waals surface area contributed by atoms with Crippen molar-refractivity contribution < 1.29 is 9.90 Å². The fourth-order valence-electron chi connectivity index (χ4n) is 0.891. The molecule has 0 spiro atoms. The Kier molecular flexibility index (Phi) is 8.78. The Bertz CT molecular complexity index is 220. The fraction of sp³-hybridized carbons (Fsp3) is 0.583. The van der Waals surface area contributed by atoms with Gasteiger partial charge in [-0.25, -0.2) is 0 Å². The molecule has 3 nitrogen and oxygen atoms in total. The largest absolute Gasteiger partial charge is 0.396 e. The second-order valence-electron chi connectivity index (χ2n) is 3.79. The molecule has 0 atom stereocenters. The molecule has 3 heteroatoms. The number of carbonyl (C=O) groups is 1. The summed E-state index contributed by atoms with van der Waals surface area (Å²) < 4.78 is 0. The third-order valence-corrected chi connectivity index (χ3v) is 1.71. The first-order valence-electron chi connectivity index (χ1n) is 5.38. The lowest BCUT2D eigenvalue weighted by molar-refractivity contribution is -0.116. The molecule has 15 heavy (non-hydrogen) atoms. The molecule has 0 radical (unpaired) electrons. The number of hydrogen-bond acceptors (Lipinski definition) is 2. The van der Waals surface area contributed by atoms with E-state index in [1.54, 1.807) is 6.08 Å². The van der Waals surface area contributed by atoms with Gasteiger partial charge in [0, 0.05) is 19.2 Å². The van der Waals surface area contributed by atoms with Crippen molar-refractivity contribution in [2.45, 2.75) is 26.7 Å². The van der Waals surface area contributed by atoms with E-state index in [4.69, 9.17) is 5.11 Å². The van der Waals surface area contributed by atoms with Gasteiger partial charge < -0.3 is 10.4 Å². The highest BCUT2D eigenvalue weighted by atomic mass is 16.2. The number of carbonyl (C=O) groups excluding carboxylic acids is 1. The number of nitrogens with one attached hydrogen (secondary N) is 1. The van der Waals surface area contributed by atoms with Crippen LogP contribution in [0, 0.1) is 5.92 Å². The summed E-state index contributed by atoms with van der Waals surface area (Å²) in [7, 11) is 0. The van der Waals surface area contributed by atoms with Crippen LogP contribution in [-0.4, -0.2) is 24.2 Å². The Morgan fingerprint density at radius 3 is 2.73 bits per heavy atom. The average Bonchev–Trinajstić information content (AvgIpc) is 2.20. The lowest BCUT2D eigenvalue weighted by Crippen LogP contribution is -2.25. The number of hydrogen-bond donors (Lipinski definition) is 2. The minimum atomic E-state index is -0.0597. The van der Waals surface area contributed by atoms with Crippen LogP contribution >= 0.6 is 0 Å². The molecule has 0 aromatic carbocycles. The molecule has 0 heterocycles. The van der Waals surface area contributed by atoms with E-state index in [2.05, 4.69) is 19.2 Å². The highest BCUT2D eigenvalue weighted by Gasteiger charge is 1.95. The first-order chi connectivity index (χ1) is 7.16. The zero-order valence-electron chi connectivity index (χ0n) is 9.57. The maximum absolute atomic E-state index is 11.2. The number of amides is 1. The summed E-state index contributed by atoms with van der Waals surface area (Å²) >= 11 is 0. The first kappa shape index (κ1) is 13.9. The van der Waals surface area contributed by atoms with Crippen LogP contribution in [0.25, 0.3) is 0 Å². The molecule has 0 aliphatic carbocycles. The quantitative estimate of drug-likeness (QED) is 0.382. The van der Waals surface area contributed by atoms with Gasteiger partial charge in [0.1, 0.15) is 0 Å². The normalized spacial score (nSPS) is 11.7. The number of aliphatic hydroxyl groups excluding tert-OH is 1. The molecule has 86 valence electrons. The SMILES string of the molecule is CC(C)CNC(=O)/C=C/C=C/CCCO. The van der Waals surface area contributed by atoms with E-state index in [0.29, 0.717) is 12.5 Å². The van der Waals surface area contributed by atoms with Gasteiger partial charge in [0.05, 0.1) is 0 Å². The maximum atomic E-state index is 11.2. The van der Waals surface area contributed by atoms with Crippen molar-refractivity contribution in [3.63, 3.8) is 0 Å². The Morgan fingerprint density at radius 1 is 1.40 bits per heavy atom. The Labute approximate surface area is 91.9 Å². The van der Waals surface area contributed by atoms with E-state index < -0.39 is 0 Å². The number of allylic oxidation sites excluding steroid dienone is 3. The monoisotopic (exact) mass is 211 g/mol. The summed E-state index contributed by atoms with van der Waals surface area (Å²) in [6.45, 7) is 5.03. The van der Waals surface area contributed by atoms with Crippen LogP contribution < -0.4 is 5.32 Å². The van der Waals surface area contributed by atoms with E-state index in [0.717, 1.165) is 12.8 Å². The molecule has 0 rings (SSSR count). The second-order valence-corrected chi connectivity index (χ2v) is 3.79. The molecule has 2 N–H and O–H groups in total. The second kappa shape index (κ2) is 9.46. The van der Waals surface area contributed by atoms with Gasteiger partial charge in [-0.15, -0.1) is 0 Å². The van der Waals surface area contributed by atoms with E-state index in [-0.39, 0.29) is 12.5 Å². The molecule has 0 saturated heterocycles. The topological polar surface area (TPSA) is 49.3 Å². The van der Waals surface area contributed by atoms with Gasteiger partial charge >= 0.3 is 0 Å². The van der Waals surface area contributed by atoms with E-state index >= 15 is 0 Å². The predicted molar refractivity (Wildman–Crippen MR) is 62.4 cm³/mol. The van der Waals surface area contributed by atoms with Crippen molar-refractivity contribution in [1.29, 1.82) is 0 Å². The van der Waals surface area contributed by atoms with Gasteiger partial charge in [-0.05, 0) is 18.8 Å². The summed E-state index contributed by atoms with van der Waals surface area (Å²) in [4.78, 5) is 11.2. The van der Waals surface area contributed by atoms with Crippen LogP contribution in [-0.2, 0) is 4.79 Å². The van der Waals surface area contributed by atoms with Gasteiger partial charge in [-0.1, -0.05) is 32.1 Å². The smallest absolute Gasteiger partial charge is 0.243 e. The molecule has 0 unspecified atom stereocenters. The van der Waals surface area contributed by atoms with Crippen molar-refractivity contribution in [2.24, 2.45) is 5.92 Å². The Balaban J connectivity index is 3.58. The maximum Gasteiger partial charge on any atom is 0.243 e. The van der Waals surface area contributed by atoms with Gasteiger partial charge in [0.2, 0.25) is 5.91 Å². The van der Waals surface area contributed by atoms with Gasteiger partial charge in [0.25, 0.3) is 0 Å². The van der Waals surface area contributed by atoms with Crippen molar-refractivity contribution in [3.8, 4) is 0 Å². The van der Waals surface area contributed by atoms with Gasteiger partial charge in [0.15, 0.2) is 0 Å². The predicted octanol–water partition coefficient (Wildman–Crippen LogP) is 1.64. The zero-order chi connectivity index (χ0) is 11.5. The van der Waals surface area contributed by atoms with Crippen molar-refractivity contribution in [2.75, 3.05) is 13.2 Å². The Hall–Kier alpha value is -1.09. The molecule has 0 aliphatic rings. The third-order valence-electron chi connectivity index (χ3n) is 1.71. The fourth-order valence-corrected chi connectivity index (χ4v) is 0.891. The molecule has 0 saturated carbocycles. The number of rotatable bonds is 7. The minimum Gasteiger partial charge on any atom is -0.396 e. The van der Waals surface area contributed by atoms with Crippen LogP contribution in [0.2, 0.25) is 0 Å². The molecular weight excluding hydrogens is 190 g/mol. The molecule has 0 bridgehead atoms. The van der Waals surface area contributed by atoms with Crippen molar-refractivity contribution in [1.82, 2.24) is 5.32 Å². The lowest BCUT2D eigenvalue weighted by atomic mass is 10.2. The average molecular weight is 211 g/mol. The molecule has 0 aromatic heterocycles. The standard InChI is InChI=1S/C12H21NO2/c1-11(2)10-13-12(15)8-6-4-3-5-7-9-14/h3-4,6,8,11,14H,5,7,9-10H2,1-2H3,(H,13,15)/b4-3+,8-6+. The van der Waals surface area contributed by atoms with E-state index in [1.165, 1.54) is 6.08 Å². The highest BCUT2D eigenvalue weighted by Crippen LogP contribution is 1.90. The summed E-state index contributed by atoms with van der Waals surface area (Å²) in [6, 6.07) is 0. The van der Waals surface area contributed by atoms with Crippen molar-refractivity contribution >= 4 is 5.91 Å². The van der Waals surface area contributed by atoms with Crippen LogP contribution in [0.15, 0.2) is 24.3 Å². The number of unbranched alkanes of at least 4 members (excludes halogenated alkanes) is 1. The summed E-state index contributed by atoms with van der Waals surface area (Å²) in [5, 5.41) is 11.3. The number of aliphatic hydroxyl groups is 1. The van der Waals surface area contributed by atoms with Crippen LogP contribution in [0.1, 0.15) is 26.7 Å². The molecule has 0 aliphatic heterocycles. The third kappa shape index (κ3) is 10.8. The molecule has 0 aromatic rings. The Morgan fingerprint density at radius 2 is 2.13 bits per heavy atom. The van der Waals surface area contributed by atoms with Gasteiger partial charge in [-0.3, -0.25) is 4.79 Å². The lowest BCUT2D eigenvalue weighted by Gasteiger charge is -2.03. The van der Waals surface area contributed by atoms with E-state index in [1.807, 2.05) is 12.2 Å². The van der Waals surface area contributed by atoms with Crippen LogP contribution in [0.5, 0.6) is 0 Å². The first-order valence-corrected chi connectivity index (χ1v) is 5.38. The van der Waals surface area contributed by atoms with Crippen LogP contribution in [0.4, 0.5) is 0 Å². The van der Waals surface area contributed by atoms with Crippen LogP contribution in [0.3, 0.4) is 0 Å². The van der Waals surface area contributed by atoms with Crippen molar-refractivity contribution in [3.05, 3.63) is 24.3 Å². The van der Waals surface area contributed by atoms with Gasteiger partial charge in [-0.2, -0.15) is 0 Å². The summed E-state index contributed by atoms with van der Waals surface area (Å²) in [5.41, 5.74) is 0. The zero-order valence-corrected chi connectivity index (χ0v) is 9.57. The molecular formula is C12H21NO2.